The molecule has 0 aliphatic heterocycles. The van der Waals surface area contributed by atoms with E-state index in [9.17, 15) is 4.79 Å². The van der Waals surface area contributed by atoms with Gasteiger partial charge in [0, 0.05) is 18.7 Å². The number of benzene rings is 3. The van der Waals surface area contributed by atoms with Gasteiger partial charge in [-0.2, -0.15) is 0 Å². The molecule has 0 N–H and O–H groups in total. The predicted octanol–water partition coefficient (Wildman–Crippen LogP) is 4.95. The summed E-state index contributed by atoms with van der Waals surface area (Å²) in [7, 11) is 4.76. The molecule has 0 saturated heterocycles. The molecule has 3 aromatic rings. The van der Waals surface area contributed by atoms with Crippen LogP contribution in [0.4, 0.5) is 0 Å². The number of rotatable bonds is 10. The van der Waals surface area contributed by atoms with Crippen LogP contribution in [0.25, 0.3) is 0 Å². The molecule has 1 amide bonds. The van der Waals surface area contributed by atoms with Crippen molar-refractivity contribution >= 4 is 5.91 Å². The largest absolute Gasteiger partial charge is 0.493 e. The van der Waals surface area contributed by atoms with Gasteiger partial charge in [-0.15, -0.1) is 0 Å². The zero-order chi connectivity index (χ0) is 22.9. The van der Waals surface area contributed by atoms with Gasteiger partial charge in [-0.05, 0) is 48.4 Å². The fraction of sp³-hybridized carbons (Fsp3) is 0.269. The van der Waals surface area contributed by atoms with Crippen LogP contribution >= 0.6 is 0 Å². The van der Waals surface area contributed by atoms with Gasteiger partial charge in [-0.25, -0.2) is 0 Å². The minimum absolute atomic E-state index is 0.0878. The first-order chi connectivity index (χ1) is 15.6. The van der Waals surface area contributed by atoms with E-state index in [1.54, 1.807) is 44.4 Å². The summed E-state index contributed by atoms with van der Waals surface area (Å²) in [6.07, 6.45) is 0. The summed E-state index contributed by atoms with van der Waals surface area (Å²) in [5.74, 6) is 2.32. The van der Waals surface area contributed by atoms with Crippen LogP contribution in [0.2, 0.25) is 0 Å². The molecule has 0 spiro atoms. The van der Waals surface area contributed by atoms with Gasteiger partial charge in [0.2, 0.25) is 0 Å². The summed E-state index contributed by atoms with van der Waals surface area (Å²) in [6.45, 7) is 3.38. The summed E-state index contributed by atoms with van der Waals surface area (Å²) in [5.41, 5.74) is 2.55. The molecule has 3 rings (SSSR count). The lowest BCUT2D eigenvalue weighted by Crippen LogP contribution is -2.30. The monoisotopic (exact) mass is 435 g/mol. The topological polar surface area (TPSA) is 57.2 Å². The summed E-state index contributed by atoms with van der Waals surface area (Å²) >= 11 is 0. The molecule has 6 heteroatoms. The third-order valence-electron chi connectivity index (χ3n) is 5.14. The molecule has 0 fully saturated rings. The van der Waals surface area contributed by atoms with Crippen LogP contribution in [0.1, 0.15) is 28.4 Å². The Morgan fingerprint density at radius 3 is 2.06 bits per heavy atom. The third-order valence-corrected chi connectivity index (χ3v) is 5.14. The number of hydrogen-bond acceptors (Lipinski definition) is 5. The highest BCUT2D eigenvalue weighted by Gasteiger charge is 2.18. The first-order valence-corrected chi connectivity index (χ1v) is 10.4. The van der Waals surface area contributed by atoms with Crippen molar-refractivity contribution in [3.05, 3.63) is 83.4 Å². The molecule has 0 aliphatic carbocycles. The Morgan fingerprint density at radius 1 is 0.750 bits per heavy atom. The van der Waals surface area contributed by atoms with Gasteiger partial charge in [0.05, 0.1) is 21.3 Å². The van der Waals surface area contributed by atoms with Crippen LogP contribution < -0.4 is 18.9 Å². The van der Waals surface area contributed by atoms with E-state index in [4.69, 9.17) is 18.9 Å². The molecule has 3 aromatic carbocycles. The molecule has 168 valence electrons. The fourth-order valence-electron chi connectivity index (χ4n) is 3.36. The van der Waals surface area contributed by atoms with Crippen LogP contribution in [-0.2, 0) is 13.2 Å². The van der Waals surface area contributed by atoms with E-state index in [0.717, 1.165) is 11.1 Å². The Hall–Kier alpha value is -3.67. The summed E-state index contributed by atoms with van der Waals surface area (Å²) < 4.78 is 22.1. The molecule has 0 unspecified atom stereocenters. The van der Waals surface area contributed by atoms with Crippen molar-refractivity contribution in [1.29, 1.82) is 0 Å². The molecule has 0 bridgehead atoms. The van der Waals surface area contributed by atoms with Crippen molar-refractivity contribution in [2.24, 2.45) is 0 Å². The number of methoxy groups -OCH3 is 3. The van der Waals surface area contributed by atoms with Gasteiger partial charge in [0.25, 0.3) is 5.91 Å². The van der Waals surface area contributed by atoms with Crippen LogP contribution in [-0.4, -0.2) is 38.7 Å². The lowest BCUT2D eigenvalue weighted by molar-refractivity contribution is 0.0752. The highest BCUT2D eigenvalue weighted by atomic mass is 16.5. The van der Waals surface area contributed by atoms with E-state index in [2.05, 4.69) is 0 Å². The summed E-state index contributed by atoms with van der Waals surface area (Å²) in [5, 5.41) is 0. The fourth-order valence-corrected chi connectivity index (χ4v) is 3.36. The zero-order valence-electron chi connectivity index (χ0n) is 19.0. The van der Waals surface area contributed by atoms with Gasteiger partial charge >= 0.3 is 0 Å². The second-order valence-corrected chi connectivity index (χ2v) is 7.15. The molecule has 6 nitrogen and oxygen atoms in total. The van der Waals surface area contributed by atoms with E-state index in [-0.39, 0.29) is 5.91 Å². The van der Waals surface area contributed by atoms with E-state index in [0.29, 0.717) is 48.3 Å². The second kappa shape index (κ2) is 11.1. The van der Waals surface area contributed by atoms with E-state index in [1.165, 1.54) is 0 Å². The Labute approximate surface area is 189 Å². The van der Waals surface area contributed by atoms with Crippen molar-refractivity contribution in [3.63, 3.8) is 0 Å². The third kappa shape index (κ3) is 5.52. The van der Waals surface area contributed by atoms with Crippen LogP contribution in [0.15, 0.2) is 66.7 Å². The SMILES string of the molecule is CCN(Cc1ccc(OC)c(OC)c1)C(=O)c1ccc(OCc2ccccc2)c(OC)c1. The number of nitrogens with zero attached hydrogens (tertiary/aromatic N) is 1. The van der Waals surface area contributed by atoms with Crippen LogP contribution in [0.5, 0.6) is 23.0 Å². The van der Waals surface area contributed by atoms with Crippen molar-refractivity contribution in [3.8, 4) is 23.0 Å². The van der Waals surface area contributed by atoms with Crippen molar-refractivity contribution in [1.82, 2.24) is 4.90 Å². The maximum Gasteiger partial charge on any atom is 0.254 e. The molecular weight excluding hydrogens is 406 g/mol. The van der Waals surface area contributed by atoms with Crippen molar-refractivity contribution in [2.75, 3.05) is 27.9 Å². The van der Waals surface area contributed by atoms with Gasteiger partial charge in [-0.3, -0.25) is 4.79 Å². The van der Waals surface area contributed by atoms with Gasteiger partial charge in [-0.1, -0.05) is 36.4 Å². The predicted molar refractivity (Wildman–Crippen MR) is 124 cm³/mol. The Balaban J connectivity index is 1.74. The van der Waals surface area contributed by atoms with E-state index < -0.39 is 0 Å². The van der Waals surface area contributed by atoms with Crippen LogP contribution in [0.3, 0.4) is 0 Å². The first-order valence-electron chi connectivity index (χ1n) is 10.4. The maximum atomic E-state index is 13.2. The maximum absolute atomic E-state index is 13.2. The number of carbonyl (C=O) groups excluding carboxylic acids is 1. The minimum Gasteiger partial charge on any atom is -0.493 e. The average molecular weight is 436 g/mol. The Morgan fingerprint density at radius 2 is 1.41 bits per heavy atom. The number of carbonyl (C=O) groups is 1. The van der Waals surface area contributed by atoms with Gasteiger partial charge < -0.3 is 23.8 Å². The molecular formula is C26H29NO5. The number of ether oxygens (including phenoxy) is 4. The summed E-state index contributed by atoms with van der Waals surface area (Å²) in [6, 6.07) is 20.8. The standard InChI is InChI=1S/C26H29NO5/c1-5-27(17-20-11-13-22(29-2)24(15-20)30-3)26(28)21-12-14-23(25(16-21)31-4)32-18-19-9-7-6-8-10-19/h6-16H,5,17-18H2,1-4H3. The highest BCUT2D eigenvalue weighted by Crippen LogP contribution is 2.31. The van der Waals surface area contributed by atoms with Gasteiger partial charge in [0.15, 0.2) is 23.0 Å². The van der Waals surface area contributed by atoms with E-state index in [1.807, 2.05) is 55.5 Å². The Bertz CT molecular complexity index is 1040. The molecule has 0 aliphatic rings. The van der Waals surface area contributed by atoms with E-state index >= 15 is 0 Å². The second-order valence-electron chi connectivity index (χ2n) is 7.15. The molecule has 0 aromatic heterocycles. The normalized spacial score (nSPS) is 10.4. The van der Waals surface area contributed by atoms with Crippen molar-refractivity contribution in [2.45, 2.75) is 20.1 Å². The zero-order valence-corrected chi connectivity index (χ0v) is 19.0. The minimum atomic E-state index is -0.0878. The molecule has 32 heavy (non-hydrogen) atoms. The van der Waals surface area contributed by atoms with Crippen molar-refractivity contribution < 1.29 is 23.7 Å². The molecule has 0 radical (unpaired) electrons. The number of hydrogen-bond donors (Lipinski definition) is 0. The van der Waals surface area contributed by atoms with Gasteiger partial charge in [0.1, 0.15) is 6.61 Å². The molecule has 0 atom stereocenters. The molecule has 0 saturated carbocycles. The number of amides is 1. The summed E-state index contributed by atoms with van der Waals surface area (Å²) in [4.78, 5) is 15.0. The quantitative estimate of drug-likeness (QED) is 0.451. The average Bonchev–Trinajstić information content (AvgIpc) is 2.85. The lowest BCUT2D eigenvalue weighted by atomic mass is 10.1. The smallest absolute Gasteiger partial charge is 0.254 e. The highest BCUT2D eigenvalue weighted by molar-refractivity contribution is 5.95. The Kier molecular flexibility index (Phi) is 7.97. The van der Waals surface area contributed by atoms with Crippen LogP contribution in [0, 0.1) is 0 Å². The molecule has 0 heterocycles. The first kappa shape index (κ1) is 23.0. The lowest BCUT2D eigenvalue weighted by Gasteiger charge is -2.22.